The molecule has 1 aliphatic rings. The Labute approximate surface area is 140 Å². The van der Waals surface area contributed by atoms with Crippen molar-refractivity contribution in [1.29, 1.82) is 0 Å². The van der Waals surface area contributed by atoms with Gasteiger partial charge in [0, 0.05) is 18.8 Å². The maximum Gasteiger partial charge on any atom is 0.227 e. The van der Waals surface area contributed by atoms with Gasteiger partial charge in [-0.15, -0.1) is 17.5 Å². The van der Waals surface area contributed by atoms with E-state index in [1.165, 1.54) is 0 Å². The largest absolute Gasteiger partial charge is 0.375 e. The standard InChI is InChI=1S/C14H18N6O2.ClH/c1-10-17-18-19-20(10)12-4-2-3-11(7-12)16-14(21)8-13-9-15-5-6-22-13;/h2-4,7,13,15H,5-6,8-9H2,1H3,(H,16,21);1H. The Bertz CT molecular complexity index is 656. The maximum atomic E-state index is 12.1. The number of hydrogen-bond acceptors (Lipinski definition) is 6. The summed E-state index contributed by atoms with van der Waals surface area (Å²) in [6, 6.07) is 7.40. The van der Waals surface area contributed by atoms with E-state index in [0.717, 1.165) is 12.2 Å². The summed E-state index contributed by atoms with van der Waals surface area (Å²) in [5, 5.41) is 17.5. The Kier molecular flexibility index (Phi) is 6.03. The van der Waals surface area contributed by atoms with Gasteiger partial charge in [-0.1, -0.05) is 6.07 Å². The number of nitrogens with one attached hydrogen (secondary N) is 2. The molecule has 8 nitrogen and oxygen atoms in total. The number of aryl methyl sites for hydroxylation is 1. The van der Waals surface area contributed by atoms with Crippen LogP contribution in [0.15, 0.2) is 24.3 Å². The van der Waals surface area contributed by atoms with Gasteiger partial charge in [-0.3, -0.25) is 4.79 Å². The number of aromatic nitrogens is 4. The molecule has 2 N–H and O–H groups in total. The van der Waals surface area contributed by atoms with Gasteiger partial charge in [0.1, 0.15) is 0 Å². The SMILES string of the molecule is Cc1nnnn1-c1cccc(NC(=O)CC2CNCCO2)c1.Cl. The topological polar surface area (TPSA) is 94.0 Å². The number of anilines is 1. The second kappa shape index (κ2) is 8.00. The smallest absolute Gasteiger partial charge is 0.227 e. The summed E-state index contributed by atoms with van der Waals surface area (Å²) >= 11 is 0. The number of carbonyl (C=O) groups is 1. The van der Waals surface area contributed by atoms with Gasteiger partial charge >= 0.3 is 0 Å². The zero-order chi connectivity index (χ0) is 15.4. The number of ether oxygens (including phenoxy) is 1. The van der Waals surface area contributed by atoms with Crippen molar-refractivity contribution in [2.24, 2.45) is 0 Å². The molecule has 0 bridgehead atoms. The molecule has 0 aliphatic carbocycles. The number of nitrogens with zero attached hydrogens (tertiary/aromatic N) is 4. The second-order valence-electron chi connectivity index (χ2n) is 5.14. The van der Waals surface area contributed by atoms with E-state index in [9.17, 15) is 4.79 Å². The van der Waals surface area contributed by atoms with Crippen LogP contribution in [0.2, 0.25) is 0 Å². The van der Waals surface area contributed by atoms with Crippen LogP contribution >= 0.6 is 12.4 Å². The zero-order valence-corrected chi connectivity index (χ0v) is 13.5. The highest BCUT2D eigenvalue weighted by Gasteiger charge is 2.17. The summed E-state index contributed by atoms with van der Waals surface area (Å²) in [6.45, 7) is 4.01. The normalized spacial score (nSPS) is 17.3. The Hall–Kier alpha value is -2.03. The van der Waals surface area contributed by atoms with E-state index in [0.29, 0.717) is 31.1 Å². The molecule has 1 aromatic carbocycles. The summed E-state index contributed by atoms with van der Waals surface area (Å²) in [5.41, 5.74) is 1.51. The fraction of sp³-hybridized carbons (Fsp3) is 0.429. The molecule has 124 valence electrons. The van der Waals surface area contributed by atoms with Crippen LogP contribution < -0.4 is 10.6 Å². The maximum absolute atomic E-state index is 12.1. The summed E-state index contributed by atoms with van der Waals surface area (Å²) in [7, 11) is 0. The van der Waals surface area contributed by atoms with E-state index in [1.807, 2.05) is 31.2 Å². The molecular formula is C14H19ClN6O2. The van der Waals surface area contributed by atoms with E-state index in [2.05, 4.69) is 26.2 Å². The molecule has 0 spiro atoms. The molecule has 2 aromatic rings. The molecule has 3 rings (SSSR count). The van der Waals surface area contributed by atoms with Crippen LogP contribution in [-0.2, 0) is 9.53 Å². The quantitative estimate of drug-likeness (QED) is 0.852. The lowest BCUT2D eigenvalue weighted by atomic mass is 10.2. The Morgan fingerprint density at radius 2 is 2.39 bits per heavy atom. The van der Waals surface area contributed by atoms with Crippen molar-refractivity contribution >= 4 is 24.0 Å². The van der Waals surface area contributed by atoms with E-state index in [4.69, 9.17) is 4.74 Å². The van der Waals surface area contributed by atoms with Crippen LogP contribution in [-0.4, -0.2) is 51.9 Å². The molecule has 1 atom stereocenters. The first-order valence-corrected chi connectivity index (χ1v) is 7.20. The van der Waals surface area contributed by atoms with Crippen LogP contribution in [0, 0.1) is 6.92 Å². The van der Waals surface area contributed by atoms with E-state index >= 15 is 0 Å². The van der Waals surface area contributed by atoms with Gasteiger partial charge in [0.2, 0.25) is 5.91 Å². The van der Waals surface area contributed by atoms with Gasteiger partial charge in [0.05, 0.1) is 24.8 Å². The average Bonchev–Trinajstić information content (AvgIpc) is 2.94. The van der Waals surface area contributed by atoms with Crippen molar-refractivity contribution in [1.82, 2.24) is 25.5 Å². The minimum absolute atomic E-state index is 0. The molecule has 1 saturated heterocycles. The predicted molar refractivity (Wildman–Crippen MR) is 87.0 cm³/mol. The third kappa shape index (κ3) is 4.47. The molecule has 23 heavy (non-hydrogen) atoms. The molecule has 2 heterocycles. The fourth-order valence-corrected chi connectivity index (χ4v) is 2.36. The van der Waals surface area contributed by atoms with Crippen molar-refractivity contribution in [3.63, 3.8) is 0 Å². The monoisotopic (exact) mass is 338 g/mol. The van der Waals surface area contributed by atoms with Crippen LogP contribution in [0.4, 0.5) is 5.69 Å². The Morgan fingerprint density at radius 1 is 1.52 bits per heavy atom. The Balaban J connectivity index is 0.00000192. The van der Waals surface area contributed by atoms with Crippen molar-refractivity contribution in [3.05, 3.63) is 30.1 Å². The Morgan fingerprint density at radius 3 is 3.09 bits per heavy atom. The highest BCUT2D eigenvalue weighted by molar-refractivity contribution is 5.91. The number of tetrazole rings is 1. The van der Waals surface area contributed by atoms with Gasteiger partial charge in [0.15, 0.2) is 5.82 Å². The van der Waals surface area contributed by atoms with Crippen molar-refractivity contribution in [2.75, 3.05) is 25.0 Å². The predicted octanol–water partition coefficient (Wildman–Crippen LogP) is 0.710. The summed E-state index contributed by atoms with van der Waals surface area (Å²) in [6.07, 6.45) is 0.264. The van der Waals surface area contributed by atoms with E-state index in [1.54, 1.807) is 4.68 Å². The molecule has 1 aliphatic heterocycles. The van der Waals surface area contributed by atoms with Crippen molar-refractivity contribution < 1.29 is 9.53 Å². The van der Waals surface area contributed by atoms with Gasteiger partial charge in [-0.05, 0) is 35.5 Å². The average molecular weight is 339 g/mol. The van der Waals surface area contributed by atoms with Crippen molar-refractivity contribution in [3.8, 4) is 5.69 Å². The molecule has 1 unspecified atom stereocenters. The van der Waals surface area contributed by atoms with E-state index < -0.39 is 0 Å². The number of amides is 1. The van der Waals surface area contributed by atoms with Crippen LogP contribution in [0.1, 0.15) is 12.2 Å². The number of rotatable bonds is 4. The summed E-state index contributed by atoms with van der Waals surface area (Å²) in [5.74, 6) is 0.615. The minimum atomic E-state index is -0.0707. The van der Waals surface area contributed by atoms with Crippen LogP contribution in [0.3, 0.4) is 0 Å². The summed E-state index contributed by atoms with van der Waals surface area (Å²) < 4.78 is 7.15. The highest BCUT2D eigenvalue weighted by atomic mass is 35.5. The minimum Gasteiger partial charge on any atom is -0.375 e. The first kappa shape index (κ1) is 17.3. The molecule has 1 amide bonds. The lowest BCUT2D eigenvalue weighted by Crippen LogP contribution is -2.40. The van der Waals surface area contributed by atoms with Crippen molar-refractivity contribution in [2.45, 2.75) is 19.4 Å². The fourth-order valence-electron chi connectivity index (χ4n) is 2.36. The number of benzene rings is 1. The molecule has 0 radical (unpaired) electrons. The lowest BCUT2D eigenvalue weighted by molar-refractivity contribution is -0.119. The highest BCUT2D eigenvalue weighted by Crippen LogP contribution is 2.15. The van der Waals surface area contributed by atoms with E-state index in [-0.39, 0.29) is 24.4 Å². The molecule has 9 heteroatoms. The first-order chi connectivity index (χ1) is 10.7. The number of halogens is 1. The third-order valence-electron chi connectivity index (χ3n) is 3.42. The molecular weight excluding hydrogens is 320 g/mol. The second-order valence-corrected chi connectivity index (χ2v) is 5.14. The number of carbonyl (C=O) groups excluding carboxylic acids is 1. The van der Waals surface area contributed by atoms with Crippen LogP contribution in [0.25, 0.3) is 5.69 Å². The summed E-state index contributed by atoms with van der Waals surface area (Å²) in [4.78, 5) is 12.1. The van der Waals surface area contributed by atoms with Gasteiger partial charge < -0.3 is 15.4 Å². The lowest BCUT2D eigenvalue weighted by Gasteiger charge is -2.23. The van der Waals surface area contributed by atoms with Gasteiger partial charge in [-0.25, -0.2) is 0 Å². The number of hydrogen-bond donors (Lipinski definition) is 2. The molecule has 0 saturated carbocycles. The van der Waals surface area contributed by atoms with Crippen LogP contribution in [0.5, 0.6) is 0 Å². The molecule has 1 fully saturated rings. The molecule has 1 aromatic heterocycles. The van der Waals surface area contributed by atoms with Gasteiger partial charge in [0.25, 0.3) is 0 Å². The number of morpholine rings is 1. The first-order valence-electron chi connectivity index (χ1n) is 7.20. The zero-order valence-electron chi connectivity index (χ0n) is 12.7. The third-order valence-corrected chi connectivity index (χ3v) is 3.42. The van der Waals surface area contributed by atoms with Gasteiger partial charge in [-0.2, -0.15) is 4.68 Å².